The number of hydrogen-bond acceptors (Lipinski definition) is 7. The number of nitrogens with zero attached hydrogens (tertiary/aromatic N) is 1. The monoisotopic (exact) mass is 391 g/mol. The van der Waals surface area contributed by atoms with Crippen LogP contribution in [0.4, 0.5) is 18.9 Å². The number of alkyl halides is 3. The van der Waals surface area contributed by atoms with Crippen molar-refractivity contribution >= 4 is 29.4 Å². The van der Waals surface area contributed by atoms with Crippen LogP contribution in [-0.2, 0) is 23.8 Å². The minimum Gasteiger partial charge on any atom is -0.466 e. The lowest BCUT2D eigenvalue weighted by Gasteiger charge is -2.32. The molecule has 1 aromatic carbocycles. The molecular weight excluding hydrogens is 375 g/mol. The largest absolute Gasteiger partial charge is 0.466 e. The molecule has 0 atom stereocenters. The number of halogens is 3. The Hall–Kier alpha value is -2.20. The van der Waals surface area contributed by atoms with Gasteiger partial charge in [0, 0.05) is 10.6 Å². The molecule has 0 N–H and O–H groups in total. The summed E-state index contributed by atoms with van der Waals surface area (Å²) in [5.74, 6) is -1.60. The number of carbonyl (C=O) groups excluding carboxylic acids is 2. The lowest BCUT2D eigenvalue weighted by atomic mass is 10.1. The standard InChI is InChI=1S/C16H16F3NO5S/c1-9-4-5-10(26-16(17,18)19)6-12(9)20-8-25-7-11(14(21)23-2)13(20)15(22)24-3/h4-6H,7-8H2,1-3H3. The topological polar surface area (TPSA) is 65.1 Å². The van der Waals surface area contributed by atoms with E-state index in [0.29, 0.717) is 11.3 Å². The number of carbonyl (C=O) groups is 2. The van der Waals surface area contributed by atoms with Crippen molar-refractivity contribution in [2.75, 3.05) is 32.5 Å². The molecule has 1 aliphatic rings. The number of methoxy groups -OCH3 is 2. The number of thioether (sulfide) groups is 1. The molecule has 2 rings (SSSR count). The fourth-order valence-corrected chi connectivity index (χ4v) is 2.98. The fraction of sp³-hybridized carbons (Fsp3) is 0.375. The lowest BCUT2D eigenvalue weighted by molar-refractivity contribution is -0.140. The Morgan fingerprint density at radius 3 is 2.42 bits per heavy atom. The van der Waals surface area contributed by atoms with Gasteiger partial charge in [-0.2, -0.15) is 13.2 Å². The van der Waals surface area contributed by atoms with Gasteiger partial charge in [-0.3, -0.25) is 0 Å². The number of anilines is 1. The van der Waals surface area contributed by atoms with E-state index in [2.05, 4.69) is 4.74 Å². The molecule has 1 aromatic rings. The predicted octanol–water partition coefficient (Wildman–Crippen LogP) is 3.00. The molecule has 1 heterocycles. The maximum Gasteiger partial charge on any atom is 0.446 e. The van der Waals surface area contributed by atoms with Crippen molar-refractivity contribution in [1.29, 1.82) is 0 Å². The Kier molecular flexibility index (Phi) is 6.19. The maximum absolute atomic E-state index is 12.7. The average molecular weight is 391 g/mol. The van der Waals surface area contributed by atoms with Gasteiger partial charge in [-0.15, -0.1) is 0 Å². The van der Waals surface area contributed by atoms with Crippen molar-refractivity contribution in [3.8, 4) is 0 Å². The Labute approximate surface area is 151 Å². The summed E-state index contributed by atoms with van der Waals surface area (Å²) >= 11 is -0.277. The molecule has 0 bridgehead atoms. The van der Waals surface area contributed by atoms with Gasteiger partial charge in [-0.1, -0.05) is 6.07 Å². The van der Waals surface area contributed by atoms with E-state index in [0.717, 1.165) is 14.2 Å². The Morgan fingerprint density at radius 1 is 1.19 bits per heavy atom. The van der Waals surface area contributed by atoms with Crippen LogP contribution in [0, 0.1) is 6.92 Å². The maximum atomic E-state index is 12.7. The lowest BCUT2D eigenvalue weighted by Crippen LogP contribution is -2.39. The van der Waals surface area contributed by atoms with Gasteiger partial charge in [0.25, 0.3) is 0 Å². The molecule has 0 saturated carbocycles. The molecule has 0 unspecified atom stereocenters. The van der Waals surface area contributed by atoms with E-state index >= 15 is 0 Å². The minimum atomic E-state index is -4.46. The molecule has 1 aliphatic heterocycles. The van der Waals surface area contributed by atoms with Crippen molar-refractivity contribution in [2.24, 2.45) is 0 Å². The van der Waals surface area contributed by atoms with Crippen LogP contribution in [0.2, 0.25) is 0 Å². The summed E-state index contributed by atoms with van der Waals surface area (Å²) in [4.78, 5) is 25.4. The van der Waals surface area contributed by atoms with Crippen molar-refractivity contribution in [1.82, 2.24) is 0 Å². The highest BCUT2D eigenvalue weighted by atomic mass is 32.2. The van der Waals surface area contributed by atoms with Gasteiger partial charge in [-0.25, -0.2) is 9.59 Å². The second-order valence-corrected chi connectivity index (χ2v) is 6.35. The normalized spacial score (nSPS) is 15.1. The summed E-state index contributed by atoms with van der Waals surface area (Å²) in [5.41, 5.74) is -3.77. The van der Waals surface area contributed by atoms with Crippen molar-refractivity contribution < 1.29 is 37.0 Å². The third kappa shape index (κ3) is 4.50. The SMILES string of the molecule is COC(=O)C1=C(C(=O)OC)N(c2cc(SC(F)(F)F)ccc2C)COC1. The van der Waals surface area contributed by atoms with Gasteiger partial charge in [-0.05, 0) is 36.4 Å². The van der Waals surface area contributed by atoms with Crippen LogP contribution in [0.5, 0.6) is 0 Å². The first kappa shape index (κ1) is 20.1. The molecule has 0 amide bonds. The van der Waals surface area contributed by atoms with E-state index in [9.17, 15) is 22.8 Å². The minimum absolute atomic E-state index is 0.0625. The zero-order chi connectivity index (χ0) is 19.5. The highest BCUT2D eigenvalue weighted by Crippen LogP contribution is 2.40. The van der Waals surface area contributed by atoms with Crippen molar-refractivity contribution in [3.63, 3.8) is 0 Å². The van der Waals surface area contributed by atoms with E-state index in [1.54, 1.807) is 6.92 Å². The molecule has 142 valence electrons. The fourth-order valence-electron chi connectivity index (χ4n) is 2.41. The summed E-state index contributed by atoms with van der Waals surface area (Å²) in [5, 5.41) is 0. The zero-order valence-electron chi connectivity index (χ0n) is 14.2. The predicted molar refractivity (Wildman–Crippen MR) is 87.4 cm³/mol. The van der Waals surface area contributed by atoms with Crippen LogP contribution in [-0.4, -0.2) is 45.0 Å². The van der Waals surface area contributed by atoms with Crippen molar-refractivity contribution in [2.45, 2.75) is 17.3 Å². The van der Waals surface area contributed by atoms with E-state index < -0.39 is 17.4 Å². The second-order valence-electron chi connectivity index (χ2n) is 5.21. The van der Waals surface area contributed by atoms with Gasteiger partial charge < -0.3 is 19.1 Å². The first-order valence-electron chi connectivity index (χ1n) is 7.29. The highest BCUT2D eigenvalue weighted by molar-refractivity contribution is 8.00. The number of aryl methyl sites for hydroxylation is 1. The van der Waals surface area contributed by atoms with Crippen molar-refractivity contribution in [3.05, 3.63) is 35.0 Å². The first-order valence-corrected chi connectivity index (χ1v) is 8.11. The summed E-state index contributed by atoms with van der Waals surface area (Å²) in [6.07, 6.45) is 0. The first-order chi connectivity index (χ1) is 12.2. The van der Waals surface area contributed by atoms with Gasteiger partial charge in [0.05, 0.1) is 26.4 Å². The Morgan fingerprint density at radius 2 is 1.85 bits per heavy atom. The molecule has 0 fully saturated rings. The zero-order valence-corrected chi connectivity index (χ0v) is 15.0. The second kappa shape index (κ2) is 8.00. The van der Waals surface area contributed by atoms with Gasteiger partial charge >= 0.3 is 17.4 Å². The van der Waals surface area contributed by atoms with Crippen LogP contribution in [0.15, 0.2) is 34.4 Å². The third-order valence-electron chi connectivity index (χ3n) is 3.54. The molecule has 10 heteroatoms. The van der Waals surface area contributed by atoms with Crippen LogP contribution >= 0.6 is 11.8 Å². The number of esters is 2. The number of hydrogen-bond donors (Lipinski definition) is 0. The third-order valence-corrected chi connectivity index (χ3v) is 4.26. The van der Waals surface area contributed by atoms with Gasteiger partial charge in [0.15, 0.2) is 0 Å². The molecule has 6 nitrogen and oxygen atoms in total. The quantitative estimate of drug-likeness (QED) is 0.577. The smallest absolute Gasteiger partial charge is 0.446 e. The van der Waals surface area contributed by atoms with E-state index in [1.165, 1.54) is 23.1 Å². The summed E-state index contributed by atoms with van der Waals surface area (Å²) < 4.78 is 52.7. The van der Waals surface area contributed by atoms with E-state index in [4.69, 9.17) is 9.47 Å². The number of ether oxygens (including phenoxy) is 3. The summed E-state index contributed by atoms with van der Waals surface area (Å²) in [7, 11) is 2.29. The summed E-state index contributed by atoms with van der Waals surface area (Å²) in [6.45, 7) is 1.36. The Balaban J connectivity index is 2.56. The van der Waals surface area contributed by atoms with Crippen LogP contribution in [0.25, 0.3) is 0 Å². The van der Waals surface area contributed by atoms with E-state index in [-0.39, 0.29) is 41.3 Å². The molecule has 0 spiro atoms. The van der Waals surface area contributed by atoms with Gasteiger partial charge in [0.2, 0.25) is 0 Å². The summed E-state index contributed by atoms with van der Waals surface area (Å²) in [6, 6.07) is 4.09. The van der Waals surface area contributed by atoms with Crippen LogP contribution < -0.4 is 4.90 Å². The Bertz CT molecular complexity index is 748. The average Bonchev–Trinajstić information content (AvgIpc) is 2.60. The molecule has 0 saturated heterocycles. The molecule has 0 radical (unpaired) electrons. The molecular formula is C16H16F3NO5S. The van der Waals surface area contributed by atoms with Crippen LogP contribution in [0.3, 0.4) is 0 Å². The van der Waals surface area contributed by atoms with E-state index in [1.807, 2.05) is 0 Å². The van der Waals surface area contributed by atoms with Gasteiger partial charge in [0.1, 0.15) is 12.4 Å². The number of benzene rings is 1. The molecule has 26 heavy (non-hydrogen) atoms. The molecule has 0 aliphatic carbocycles. The highest BCUT2D eigenvalue weighted by Gasteiger charge is 2.34. The number of rotatable bonds is 4. The molecule has 0 aromatic heterocycles. The van der Waals surface area contributed by atoms with Crippen LogP contribution in [0.1, 0.15) is 5.56 Å².